The van der Waals surface area contributed by atoms with Gasteiger partial charge in [0.15, 0.2) is 0 Å². The van der Waals surface area contributed by atoms with Gasteiger partial charge in [0.2, 0.25) is 0 Å². The van der Waals surface area contributed by atoms with Gasteiger partial charge >= 0.3 is 0 Å². The Kier molecular flexibility index (Phi) is 4.59. The lowest BCUT2D eigenvalue weighted by molar-refractivity contribution is 0.0946. The van der Waals surface area contributed by atoms with Gasteiger partial charge in [-0.3, -0.25) is 4.79 Å². The zero-order valence-corrected chi connectivity index (χ0v) is 9.65. The lowest BCUT2D eigenvalue weighted by Crippen LogP contribution is -2.35. The lowest BCUT2D eigenvalue weighted by atomic mass is 10.1. The van der Waals surface area contributed by atoms with Crippen LogP contribution in [0.1, 0.15) is 17.3 Å². The number of halogens is 2. The normalized spacial score (nSPS) is 13.2. The molecule has 0 heterocycles. The molecule has 1 amide bonds. The highest BCUT2D eigenvalue weighted by atomic mass is 19.1. The number of hydrogen-bond acceptors (Lipinski definition) is 3. The van der Waals surface area contributed by atoms with Crippen molar-refractivity contribution in [2.45, 2.75) is 6.92 Å². The van der Waals surface area contributed by atoms with Crippen LogP contribution in [-0.2, 0) is 0 Å². The van der Waals surface area contributed by atoms with Crippen molar-refractivity contribution in [1.29, 1.82) is 0 Å². The predicted octanol–water partition coefficient (Wildman–Crippen LogP) is 1.08. The van der Waals surface area contributed by atoms with E-state index in [0.29, 0.717) is 0 Å². The average Bonchev–Trinajstić information content (AvgIpc) is 2.37. The van der Waals surface area contributed by atoms with E-state index < -0.39 is 23.5 Å². The molecule has 0 bridgehead atoms. The monoisotopic (exact) mass is 257 g/mol. The largest absolute Gasteiger partial charge is 0.409 e. The standard InChI is InChI=1S/C11H13F2N3O2/c1-6(10(14)16-18)5-15-11(17)8-4-7(12)2-3-9(8)13/h2-4,6,18H,5H2,1H3,(H2,14,16)(H,15,17). The molecule has 0 fully saturated rings. The van der Waals surface area contributed by atoms with Crippen LogP contribution in [0.3, 0.4) is 0 Å². The quantitative estimate of drug-likeness (QED) is 0.326. The molecule has 1 atom stereocenters. The molecule has 0 saturated heterocycles. The van der Waals surface area contributed by atoms with Gasteiger partial charge in [0.1, 0.15) is 17.5 Å². The molecule has 7 heteroatoms. The van der Waals surface area contributed by atoms with Crippen molar-refractivity contribution >= 4 is 11.7 Å². The Morgan fingerprint density at radius 2 is 2.22 bits per heavy atom. The molecule has 98 valence electrons. The van der Waals surface area contributed by atoms with E-state index in [2.05, 4.69) is 10.5 Å². The number of oxime groups is 1. The first-order valence-corrected chi connectivity index (χ1v) is 5.16. The average molecular weight is 257 g/mol. The third-order valence-corrected chi connectivity index (χ3v) is 2.36. The molecule has 1 unspecified atom stereocenters. The Labute approximate surface area is 102 Å². The third-order valence-electron chi connectivity index (χ3n) is 2.36. The molecule has 0 spiro atoms. The predicted molar refractivity (Wildman–Crippen MR) is 61.3 cm³/mol. The van der Waals surface area contributed by atoms with Gasteiger partial charge in [-0.1, -0.05) is 12.1 Å². The molecule has 0 aliphatic carbocycles. The van der Waals surface area contributed by atoms with Gasteiger partial charge in [-0.2, -0.15) is 0 Å². The number of nitrogens with zero attached hydrogens (tertiary/aromatic N) is 1. The summed E-state index contributed by atoms with van der Waals surface area (Å²) in [7, 11) is 0. The summed E-state index contributed by atoms with van der Waals surface area (Å²) < 4.78 is 26.1. The van der Waals surface area contributed by atoms with Gasteiger partial charge in [0.25, 0.3) is 5.91 Å². The molecule has 0 radical (unpaired) electrons. The van der Waals surface area contributed by atoms with Gasteiger partial charge < -0.3 is 16.3 Å². The molecule has 1 aromatic carbocycles. The second kappa shape index (κ2) is 5.95. The molecule has 5 nitrogen and oxygen atoms in total. The molecule has 1 aromatic rings. The Morgan fingerprint density at radius 1 is 1.56 bits per heavy atom. The van der Waals surface area contributed by atoms with Crippen LogP contribution in [0.25, 0.3) is 0 Å². The molecule has 0 aliphatic rings. The number of benzene rings is 1. The minimum Gasteiger partial charge on any atom is -0.409 e. The van der Waals surface area contributed by atoms with E-state index in [1.54, 1.807) is 6.92 Å². The summed E-state index contributed by atoms with van der Waals surface area (Å²) in [6.07, 6.45) is 0. The van der Waals surface area contributed by atoms with Gasteiger partial charge in [-0.25, -0.2) is 8.78 Å². The molecule has 0 saturated carbocycles. The van der Waals surface area contributed by atoms with Crippen LogP contribution >= 0.6 is 0 Å². The summed E-state index contributed by atoms with van der Waals surface area (Å²) in [6.45, 7) is 1.65. The molecule has 0 aliphatic heterocycles. The summed E-state index contributed by atoms with van der Waals surface area (Å²) in [5.41, 5.74) is 4.92. The first kappa shape index (κ1) is 13.9. The summed E-state index contributed by atoms with van der Waals surface area (Å²) in [5.74, 6) is -2.76. The number of carbonyl (C=O) groups excluding carboxylic acids is 1. The van der Waals surface area contributed by atoms with Crippen LogP contribution in [0.5, 0.6) is 0 Å². The number of amides is 1. The Balaban J connectivity index is 2.69. The highest BCUT2D eigenvalue weighted by Crippen LogP contribution is 2.09. The lowest BCUT2D eigenvalue weighted by Gasteiger charge is -2.11. The summed E-state index contributed by atoms with van der Waals surface area (Å²) in [6, 6.07) is 2.60. The summed E-state index contributed by atoms with van der Waals surface area (Å²) in [4.78, 5) is 11.6. The maximum Gasteiger partial charge on any atom is 0.254 e. The fraction of sp³-hybridized carbons (Fsp3) is 0.273. The van der Waals surface area contributed by atoms with Crippen molar-refractivity contribution < 1.29 is 18.8 Å². The van der Waals surface area contributed by atoms with Crippen LogP contribution in [0.4, 0.5) is 8.78 Å². The second-order valence-corrected chi connectivity index (χ2v) is 3.76. The molecular weight excluding hydrogens is 244 g/mol. The fourth-order valence-corrected chi connectivity index (χ4v) is 1.22. The molecule has 1 rings (SSSR count). The van der Waals surface area contributed by atoms with Crippen LogP contribution < -0.4 is 11.1 Å². The number of nitrogens with one attached hydrogen (secondary N) is 1. The minimum absolute atomic E-state index is 0.0463. The topological polar surface area (TPSA) is 87.7 Å². The number of rotatable bonds is 4. The Hall–Kier alpha value is -2.18. The second-order valence-electron chi connectivity index (χ2n) is 3.76. The minimum atomic E-state index is -0.814. The maximum atomic E-state index is 13.3. The first-order chi connectivity index (χ1) is 8.45. The Morgan fingerprint density at radius 3 is 2.83 bits per heavy atom. The number of nitrogens with two attached hydrogens (primary N) is 1. The van der Waals surface area contributed by atoms with E-state index in [9.17, 15) is 13.6 Å². The van der Waals surface area contributed by atoms with E-state index in [-0.39, 0.29) is 17.9 Å². The van der Waals surface area contributed by atoms with Crippen LogP contribution in [0.2, 0.25) is 0 Å². The van der Waals surface area contributed by atoms with E-state index in [0.717, 1.165) is 18.2 Å². The van der Waals surface area contributed by atoms with Gasteiger partial charge in [0, 0.05) is 12.5 Å². The van der Waals surface area contributed by atoms with Crippen molar-refractivity contribution in [1.82, 2.24) is 5.32 Å². The van der Waals surface area contributed by atoms with Crippen LogP contribution in [-0.4, -0.2) is 23.5 Å². The molecular formula is C11H13F2N3O2. The van der Waals surface area contributed by atoms with Crippen molar-refractivity contribution in [2.75, 3.05) is 6.54 Å². The number of hydrogen-bond donors (Lipinski definition) is 3. The van der Waals surface area contributed by atoms with Crippen LogP contribution in [0, 0.1) is 17.6 Å². The van der Waals surface area contributed by atoms with Crippen molar-refractivity contribution in [3.63, 3.8) is 0 Å². The highest BCUT2D eigenvalue weighted by molar-refractivity contribution is 5.94. The zero-order chi connectivity index (χ0) is 13.7. The maximum absolute atomic E-state index is 13.3. The van der Waals surface area contributed by atoms with Crippen molar-refractivity contribution in [3.8, 4) is 0 Å². The van der Waals surface area contributed by atoms with Crippen LogP contribution in [0.15, 0.2) is 23.4 Å². The first-order valence-electron chi connectivity index (χ1n) is 5.16. The summed E-state index contributed by atoms with van der Waals surface area (Å²) >= 11 is 0. The van der Waals surface area contributed by atoms with Gasteiger partial charge in [-0.05, 0) is 18.2 Å². The van der Waals surface area contributed by atoms with E-state index in [1.807, 2.05) is 0 Å². The number of carbonyl (C=O) groups is 1. The highest BCUT2D eigenvalue weighted by Gasteiger charge is 2.14. The van der Waals surface area contributed by atoms with Gasteiger partial charge in [-0.15, -0.1) is 0 Å². The molecule has 0 aromatic heterocycles. The SMILES string of the molecule is CC(CNC(=O)c1cc(F)ccc1F)C(N)=NO. The van der Waals surface area contributed by atoms with E-state index in [4.69, 9.17) is 10.9 Å². The van der Waals surface area contributed by atoms with E-state index >= 15 is 0 Å². The van der Waals surface area contributed by atoms with Crippen molar-refractivity contribution in [3.05, 3.63) is 35.4 Å². The molecule has 4 N–H and O–H groups in total. The number of amidine groups is 1. The molecule has 18 heavy (non-hydrogen) atoms. The smallest absolute Gasteiger partial charge is 0.254 e. The summed E-state index contributed by atoms with van der Waals surface area (Å²) in [5, 5.41) is 13.6. The Bertz CT molecular complexity index is 477. The third kappa shape index (κ3) is 3.41. The van der Waals surface area contributed by atoms with Crippen molar-refractivity contribution in [2.24, 2.45) is 16.8 Å². The fourth-order valence-electron chi connectivity index (χ4n) is 1.22. The van der Waals surface area contributed by atoms with E-state index in [1.165, 1.54) is 0 Å². The zero-order valence-electron chi connectivity index (χ0n) is 9.65. The van der Waals surface area contributed by atoms with Gasteiger partial charge in [0.05, 0.1) is 5.56 Å².